The predicted octanol–water partition coefficient (Wildman–Crippen LogP) is 3.37. The zero-order valence-electron chi connectivity index (χ0n) is 7.08. The third kappa shape index (κ3) is 2.39. The van der Waals surface area contributed by atoms with Crippen molar-refractivity contribution in [2.24, 2.45) is 4.99 Å². The predicted molar refractivity (Wildman–Crippen MR) is 56.6 cm³/mol. The van der Waals surface area contributed by atoms with Crippen LogP contribution in [0.2, 0.25) is 5.15 Å². The number of hydrogen-bond acceptors (Lipinski definition) is 4. The van der Waals surface area contributed by atoms with Gasteiger partial charge in [-0.2, -0.15) is 4.37 Å². The fourth-order valence-corrected chi connectivity index (χ4v) is 2.89. The van der Waals surface area contributed by atoms with Crippen LogP contribution in [0, 0.1) is 11.6 Å². The van der Waals surface area contributed by atoms with E-state index in [2.05, 4.69) is 9.37 Å². The summed E-state index contributed by atoms with van der Waals surface area (Å²) in [6.07, 6.45) is 0. The number of aromatic nitrogens is 1. The average Bonchev–Trinajstić information content (AvgIpc) is 2.57. The van der Waals surface area contributed by atoms with Crippen molar-refractivity contribution in [1.82, 2.24) is 4.37 Å². The van der Waals surface area contributed by atoms with Crippen molar-refractivity contribution in [3.05, 3.63) is 39.7 Å². The minimum absolute atomic E-state index is 0.0507. The highest BCUT2D eigenvalue weighted by Crippen LogP contribution is 2.18. The highest BCUT2D eigenvalue weighted by Gasteiger charge is 2.03. The standard InChI is InChI=1S/C8H3ClF2N2S2/c9-7-8(14-15-13-7)12-6-2-1-4(10)3-5(6)11/h1-3H. The maximum atomic E-state index is 13.2. The van der Waals surface area contributed by atoms with Crippen molar-refractivity contribution < 1.29 is 8.78 Å². The Morgan fingerprint density at radius 2 is 2.13 bits per heavy atom. The van der Waals surface area contributed by atoms with Crippen LogP contribution in [0.15, 0.2) is 23.2 Å². The van der Waals surface area contributed by atoms with Crippen molar-refractivity contribution in [3.63, 3.8) is 0 Å². The molecule has 2 aromatic rings. The quantitative estimate of drug-likeness (QED) is 0.725. The van der Waals surface area contributed by atoms with Gasteiger partial charge in [-0.05, 0) is 22.5 Å². The second kappa shape index (κ2) is 4.34. The Morgan fingerprint density at radius 1 is 1.33 bits per heavy atom. The maximum absolute atomic E-state index is 13.2. The third-order valence-electron chi connectivity index (χ3n) is 1.54. The van der Waals surface area contributed by atoms with Crippen LogP contribution in [-0.2, 0) is 0 Å². The summed E-state index contributed by atoms with van der Waals surface area (Å²) in [6.45, 7) is 0. The van der Waals surface area contributed by atoms with E-state index >= 15 is 0 Å². The molecule has 0 fully saturated rings. The van der Waals surface area contributed by atoms with Crippen LogP contribution in [0.25, 0.3) is 0 Å². The molecule has 0 saturated heterocycles. The van der Waals surface area contributed by atoms with Crippen molar-refractivity contribution in [2.75, 3.05) is 0 Å². The Labute approximate surface area is 96.1 Å². The first-order valence-corrected chi connectivity index (χ1v) is 6.26. The molecule has 0 radical (unpaired) electrons. The molecule has 7 heteroatoms. The fraction of sp³-hybridized carbons (Fsp3) is 0. The summed E-state index contributed by atoms with van der Waals surface area (Å²) < 4.78 is 30.0. The number of nitrogens with zero attached hydrogens (tertiary/aromatic N) is 2. The Bertz CT molecular complexity index is 550. The zero-order valence-corrected chi connectivity index (χ0v) is 9.47. The van der Waals surface area contributed by atoms with Gasteiger partial charge in [-0.15, -0.1) is 0 Å². The summed E-state index contributed by atoms with van der Waals surface area (Å²) in [5, 5.41) is 0.230. The molecule has 2 nitrogen and oxygen atoms in total. The Kier molecular flexibility index (Phi) is 3.08. The van der Waals surface area contributed by atoms with Gasteiger partial charge in [-0.25, -0.2) is 13.8 Å². The van der Waals surface area contributed by atoms with Gasteiger partial charge < -0.3 is 0 Å². The van der Waals surface area contributed by atoms with E-state index in [9.17, 15) is 8.78 Å². The lowest BCUT2D eigenvalue weighted by atomic mass is 10.3. The zero-order chi connectivity index (χ0) is 10.8. The van der Waals surface area contributed by atoms with Crippen LogP contribution in [0.3, 0.4) is 0 Å². The highest BCUT2D eigenvalue weighted by molar-refractivity contribution is 7.66. The number of rotatable bonds is 1. The summed E-state index contributed by atoms with van der Waals surface area (Å²) in [5.41, 5.74) is 0.0507. The second-order valence-electron chi connectivity index (χ2n) is 2.55. The number of halogens is 3. The van der Waals surface area contributed by atoms with Gasteiger partial charge >= 0.3 is 0 Å². The van der Waals surface area contributed by atoms with E-state index < -0.39 is 11.6 Å². The van der Waals surface area contributed by atoms with E-state index in [1.165, 1.54) is 16.4 Å². The molecule has 0 saturated carbocycles. The lowest BCUT2D eigenvalue weighted by molar-refractivity contribution is 0.584. The van der Waals surface area contributed by atoms with Crippen molar-refractivity contribution in [2.45, 2.75) is 0 Å². The summed E-state index contributed by atoms with van der Waals surface area (Å²) >= 11 is 5.69. The van der Waals surface area contributed by atoms with Gasteiger partial charge in [0.15, 0.2) is 15.6 Å². The lowest BCUT2D eigenvalue weighted by Gasteiger charge is -1.94. The van der Waals surface area contributed by atoms with Gasteiger partial charge in [0.05, 0.1) is 0 Å². The van der Waals surface area contributed by atoms with Gasteiger partial charge in [-0.1, -0.05) is 11.6 Å². The fourth-order valence-electron chi connectivity index (χ4n) is 0.906. The van der Waals surface area contributed by atoms with Gasteiger partial charge in [0, 0.05) is 16.6 Å². The van der Waals surface area contributed by atoms with Crippen LogP contribution in [0.5, 0.6) is 0 Å². The molecule has 2 rings (SSSR count). The van der Waals surface area contributed by atoms with Crippen LogP contribution < -0.4 is 4.67 Å². The first-order valence-electron chi connectivity index (χ1n) is 3.78. The van der Waals surface area contributed by atoms with E-state index in [-0.39, 0.29) is 10.8 Å². The molecule has 78 valence electrons. The van der Waals surface area contributed by atoms with Gasteiger partial charge in [0.25, 0.3) is 0 Å². The Morgan fingerprint density at radius 3 is 2.73 bits per heavy atom. The van der Waals surface area contributed by atoms with Crippen LogP contribution in [0.1, 0.15) is 0 Å². The number of benzene rings is 1. The monoisotopic (exact) mass is 264 g/mol. The van der Waals surface area contributed by atoms with Crippen molar-refractivity contribution in [3.8, 4) is 0 Å². The van der Waals surface area contributed by atoms with Gasteiger partial charge in [0.2, 0.25) is 0 Å². The number of hydrogen-bond donors (Lipinski definition) is 0. The molecule has 1 aromatic carbocycles. The van der Waals surface area contributed by atoms with Crippen LogP contribution in [0.4, 0.5) is 14.5 Å². The van der Waals surface area contributed by atoms with E-state index in [1.807, 2.05) is 0 Å². The van der Waals surface area contributed by atoms with Crippen LogP contribution >= 0.6 is 32.5 Å². The third-order valence-corrected chi connectivity index (χ3v) is 3.71. The van der Waals surface area contributed by atoms with E-state index in [4.69, 9.17) is 11.6 Å². The molecule has 0 aliphatic heterocycles. The minimum atomic E-state index is -0.718. The highest BCUT2D eigenvalue weighted by atomic mass is 35.5. The molecule has 0 atom stereocenters. The molecule has 0 N–H and O–H groups in total. The summed E-state index contributed by atoms with van der Waals surface area (Å²) in [6, 6.07) is 3.17. The Balaban J connectivity index is 2.53. The molecule has 0 aliphatic rings. The molecule has 1 aromatic heterocycles. The lowest BCUT2D eigenvalue weighted by Crippen LogP contribution is -1.93. The smallest absolute Gasteiger partial charge is 0.179 e. The second-order valence-corrected chi connectivity index (χ2v) is 4.74. The minimum Gasteiger partial charge on any atom is -0.231 e. The van der Waals surface area contributed by atoms with Gasteiger partial charge in [0.1, 0.15) is 11.5 Å². The normalized spacial score (nSPS) is 12.1. The molecule has 1 heterocycles. The first-order chi connectivity index (χ1) is 7.16. The molecule has 0 bridgehead atoms. The van der Waals surface area contributed by atoms with Crippen molar-refractivity contribution >= 4 is 38.2 Å². The largest absolute Gasteiger partial charge is 0.231 e. The van der Waals surface area contributed by atoms with E-state index in [0.29, 0.717) is 4.67 Å². The molecular formula is C8H3ClF2N2S2. The molecule has 0 aliphatic carbocycles. The first kappa shape index (κ1) is 10.7. The molecule has 15 heavy (non-hydrogen) atoms. The molecule has 0 spiro atoms. The summed E-state index contributed by atoms with van der Waals surface area (Å²) in [7, 11) is 2.39. The van der Waals surface area contributed by atoms with Gasteiger partial charge in [-0.3, -0.25) is 0 Å². The molecule has 0 amide bonds. The Hall–Kier alpha value is -0.850. The molecular weight excluding hydrogens is 262 g/mol. The SMILES string of the molecule is Fc1ccc(N=c2ssnc2Cl)c(F)c1. The topological polar surface area (TPSA) is 25.2 Å². The maximum Gasteiger partial charge on any atom is 0.179 e. The van der Waals surface area contributed by atoms with Crippen LogP contribution in [-0.4, -0.2) is 4.37 Å². The average molecular weight is 265 g/mol. The summed E-state index contributed by atoms with van der Waals surface area (Å²) in [4.78, 5) is 3.93. The van der Waals surface area contributed by atoms with Crippen molar-refractivity contribution in [1.29, 1.82) is 0 Å². The molecule has 0 unspecified atom stereocenters. The van der Waals surface area contributed by atoms with E-state index in [1.54, 1.807) is 0 Å². The summed E-state index contributed by atoms with van der Waals surface area (Å²) in [5.74, 6) is -1.35. The van der Waals surface area contributed by atoms with E-state index in [0.717, 1.165) is 22.7 Å².